The lowest BCUT2D eigenvalue weighted by atomic mass is 9.84. The molecule has 0 bridgehead atoms. The SMILES string of the molecule is C[SiH](C)OC(c1cc(Br)ccc1OCOP(=O)(OC(C)(C)C)OC(C)(C)C)C(C)(C)C. The molecule has 9 heteroatoms. The number of phosphoric ester groups is 1. The van der Waals surface area contributed by atoms with Gasteiger partial charge in [0.25, 0.3) is 0 Å². The minimum Gasteiger partial charge on any atom is -0.467 e. The lowest BCUT2D eigenvalue weighted by Crippen LogP contribution is -2.27. The molecule has 1 rings (SSSR count). The number of hydrogen-bond acceptors (Lipinski definition) is 6. The predicted molar refractivity (Wildman–Crippen MR) is 132 cm³/mol. The number of halogens is 1. The second-order valence-corrected chi connectivity index (χ2v) is 15.7. The second kappa shape index (κ2) is 10.8. The second-order valence-electron chi connectivity index (χ2n) is 10.9. The van der Waals surface area contributed by atoms with Crippen molar-refractivity contribution in [3.63, 3.8) is 0 Å². The molecule has 6 nitrogen and oxygen atoms in total. The summed E-state index contributed by atoms with van der Waals surface area (Å²) in [5, 5.41) is 0. The largest absolute Gasteiger partial charge is 0.478 e. The summed E-state index contributed by atoms with van der Waals surface area (Å²) in [6.45, 7) is 21.2. The molecule has 0 amide bonds. The molecule has 0 radical (unpaired) electrons. The van der Waals surface area contributed by atoms with Gasteiger partial charge < -0.3 is 9.16 Å². The van der Waals surface area contributed by atoms with Gasteiger partial charge in [0.1, 0.15) is 5.75 Å². The predicted octanol–water partition coefficient (Wildman–Crippen LogP) is 7.63. The molecule has 0 aromatic heterocycles. The molecule has 1 atom stereocenters. The van der Waals surface area contributed by atoms with Gasteiger partial charge in [-0.05, 0) is 78.3 Å². The van der Waals surface area contributed by atoms with Crippen molar-refractivity contribution in [1.29, 1.82) is 0 Å². The van der Waals surface area contributed by atoms with E-state index < -0.39 is 28.1 Å². The van der Waals surface area contributed by atoms with Crippen LogP contribution in [0.3, 0.4) is 0 Å². The fraction of sp³-hybridized carbons (Fsp3) is 0.727. The molecule has 31 heavy (non-hydrogen) atoms. The maximum Gasteiger partial charge on any atom is 0.478 e. The van der Waals surface area contributed by atoms with E-state index in [1.165, 1.54) is 0 Å². The molecule has 0 heterocycles. The van der Waals surface area contributed by atoms with Gasteiger partial charge in [-0.2, -0.15) is 0 Å². The van der Waals surface area contributed by atoms with Crippen LogP contribution in [0.5, 0.6) is 5.75 Å². The van der Waals surface area contributed by atoms with E-state index in [1.807, 2.05) is 18.2 Å². The summed E-state index contributed by atoms with van der Waals surface area (Å²) in [7, 11) is -5.19. The Morgan fingerprint density at radius 1 is 0.968 bits per heavy atom. The number of ether oxygens (including phenoxy) is 1. The van der Waals surface area contributed by atoms with E-state index in [9.17, 15) is 4.57 Å². The zero-order valence-electron chi connectivity index (χ0n) is 20.9. The van der Waals surface area contributed by atoms with E-state index in [1.54, 1.807) is 41.5 Å². The van der Waals surface area contributed by atoms with Gasteiger partial charge >= 0.3 is 7.82 Å². The number of phosphoric acid groups is 1. The first-order valence-corrected chi connectivity index (χ1v) is 15.6. The Bertz CT molecular complexity index is 745. The van der Waals surface area contributed by atoms with Crippen molar-refractivity contribution in [2.24, 2.45) is 5.41 Å². The first-order chi connectivity index (χ1) is 13.8. The van der Waals surface area contributed by atoms with Crippen LogP contribution in [-0.4, -0.2) is 27.0 Å². The summed E-state index contributed by atoms with van der Waals surface area (Å²) >= 11 is 3.55. The van der Waals surface area contributed by atoms with E-state index >= 15 is 0 Å². The lowest BCUT2D eigenvalue weighted by molar-refractivity contribution is -0.0197. The van der Waals surface area contributed by atoms with Crippen LogP contribution in [0.4, 0.5) is 0 Å². The third-order valence-electron chi connectivity index (χ3n) is 3.65. The Morgan fingerprint density at radius 3 is 1.90 bits per heavy atom. The number of benzene rings is 1. The van der Waals surface area contributed by atoms with Gasteiger partial charge in [0.2, 0.25) is 0 Å². The Labute approximate surface area is 198 Å². The maximum absolute atomic E-state index is 13.2. The molecule has 0 saturated heterocycles. The third kappa shape index (κ3) is 11.0. The average molecular weight is 540 g/mol. The van der Waals surface area contributed by atoms with Gasteiger partial charge in [-0.25, -0.2) is 9.09 Å². The number of rotatable bonds is 9. The molecule has 1 aromatic rings. The molecule has 1 aromatic carbocycles. The molecular formula is C22H40BrO6PSi. The van der Waals surface area contributed by atoms with E-state index in [0.717, 1.165) is 10.0 Å². The maximum atomic E-state index is 13.2. The van der Waals surface area contributed by atoms with Gasteiger partial charge in [0.15, 0.2) is 15.8 Å². The normalized spacial score (nSPS) is 14.7. The molecule has 0 saturated carbocycles. The van der Waals surface area contributed by atoms with Crippen LogP contribution in [-0.2, 0) is 22.6 Å². The quantitative estimate of drug-likeness (QED) is 0.183. The van der Waals surface area contributed by atoms with Gasteiger partial charge in [-0.15, -0.1) is 0 Å². The van der Waals surface area contributed by atoms with Crippen molar-refractivity contribution in [1.82, 2.24) is 0 Å². The van der Waals surface area contributed by atoms with Gasteiger partial charge in [0, 0.05) is 10.0 Å². The smallest absolute Gasteiger partial charge is 0.467 e. The van der Waals surface area contributed by atoms with Crippen molar-refractivity contribution >= 4 is 32.8 Å². The molecule has 0 aliphatic carbocycles. The van der Waals surface area contributed by atoms with Crippen LogP contribution in [0.25, 0.3) is 0 Å². The zero-order valence-corrected chi connectivity index (χ0v) is 24.5. The number of hydrogen-bond donors (Lipinski definition) is 0. The van der Waals surface area contributed by atoms with E-state index in [2.05, 4.69) is 49.8 Å². The topological polar surface area (TPSA) is 63.2 Å². The van der Waals surface area contributed by atoms with E-state index in [0.29, 0.717) is 5.75 Å². The van der Waals surface area contributed by atoms with Crippen LogP contribution in [0.2, 0.25) is 13.1 Å². The molecular weight excluding hydrogens is 499 g/mol. The fourth-order valence-electron chi connectivity index (χ4n) is 2.77. The highest BCUT2D eigenvalue weighted by Gasteiger charge is 2.38. The Kier molecular flexibility index (Phi) is 10.0. The molecule has 1 unspecified atom stereocenters. The highest BCUT2D eigenvalue weighted by molar-refractivity contribution is 9.10. The fourth-order valence-corrected chi connectivity index (χ4v) is 5.91. The standard InChI is InChI=1S/C22H40BrO6PSi/c1-20(2,3)19(27-31(10)11)17-14-16(23)12-13-18(17)25-15-26-30(24,28-21(4,5)6)29-22(7,8)9/h12-14,19,31H,15H2,1-11H3. The van der Waals surface area contributed by atoms with Crippen LogP contribution < -0.4 is 4.74 Å². The highest BCUT2D eigenvalue weighted by Crippen LogP contribution is 2.55. The minimum atomic E-state index is -3.86. The van der Waals surface area contributed by atoms with Gasteiger partial charge in [-0.1, -0.05) is 36.7 Å². The Morgan fingerprint density at radius 2 is 1.48 bits per heavy atom. The Balaban J connectivity index is 3.13. The first-order valence-electron chi connectivity index (χ1n) is 10.6. The minimum absolute atomic E-state index is 0.142. The van der Waals surface area contributed by atoms with Crippen LogP contribution >= 0.6 is 23.8 Å². The van der Waals surface area contributed by atoms with Gasteiger partial charge in [-0.3, -0.25) is 9.05 Å². The molecule has 0 spiro atoms. The third-order valence-corrected chi connectivity index (χ3v) is 6.92. The summed E-state index contributed by atoms with van der Waals surface area (Å²) < 4.78 is 43.3. The van der Waals surface area contributed by atoms with Gasteiger partial charge in [0.05, 0.1) is 17.3 Å². The summed E-state index contributed by atoms with van der Waals surface area (Å²) in [6.07, 6.45) is -0.157. The molecule has 0 aliphatic rings. The summed E-state index contributed by atoms with van der Waals surface area (Å²) in [5.74, 6) is 0.607. The Hall–Kier alpha value is -0.213. The van der Waals surface area contributed by atoms with Crippen molar-refractivity contribution in [2.75, 3.05) is 6.79 Å². The molecule has 180 valence electrons. The molecule has 0 N–H and O–H groups in total. The lowest BCUT2D eigenvalue weighted by Gasteiger charge is -2.34. The average Bonchev–Trinajstić information content (AvgIpc) is 2.49. The van der Waals surface area contributed by atoms with E-state index in [-0.39, 0.29) is 18.3 Å². The van der Waals surface area contributed by atoms with Crippen molar-refractivity contribution in [3.8, 4) is 5.75 Å². The highest BCUT2D eigenvalue weighted by atomic mass is 79.9. The summed E-state index contributed by atoms with van der Waals surface area (Å²) in [6, 6.07) is 5.74. The first kappa shape index (κ1) is 28.8. The molecule has 0 aliphatic heterocycles. The van der Waals surface area contributed by atoms with Crippen LogP contribution in [0.1, 0.15) is 74.0 Å². The molecule has 0 fully saturated rings. The van der Waals surface area contributed by atoms with Crippen LogP contribution in [0, 0.1) is 5.41 Å². The summed E-state index contributed by atoms with van der Waals surface area (Å²) in [5.41, 5.74) is -0.653. The van der Waals surface area contributed by atoms with Crippen LogP contribution in [0.15, 0.2) is 22.7 Å². The van der Waals surface area contributed by atoms with E-state index in [4.69, 9.17) is 22.7 Å². The van der Waals surface area contributed by atoms with Crippen molar-refractivity contribution < 1.29 is 27.3 Å². The van der Waals surface area contributed by atoms with Crippen molar-refractivity contribution in [2.45, 2.75) is 92.7 Å². The summed E-state index contributed by atoms with van der Waals surface area (Å²) in [4.78, 5) is 0. The van der Waals surface area contributed by atoms with Crippen molar-refractivity contribution in [3.05, 3.63) is 28.2 Å². The monoisotopic (exact) mass is 538 g/mol. The zero-order chi connectivity index (χ0) is 24.3.